The van der Waals surface area contributed by atoms with Crippen LogP contribution in [-0.2, 0) is 29.0 Å². The van der Waals surface area contributed by atoms with Crippen molar-refractivity contribution in [1.29, 1.82) is 0 Å². The fourth-order valence-electron chi connectivity index (χ4n) is 3.92. The lowest BCUT2D eigenvalue weighted by Crippen LogP contribution is -2.36. The predicted octanol–water partition coefficient (Wildman–Crippen LogP) is 4.19. The minimum atomic E-state index is -4.76. The number of alkyl halides is 3. The van der Waals surface area contributed by atoms with Gasteiger partial charge in [0.2, 0.25) is 0 Å². The lowest BCUT2D eigenvalue weighted by Gasteiger charge is -2.16. The molecule has 7 nitrogen and oxygen atoms in total. The van der Waals surface area contributed by atoms with E-state index in [1.807, 2.05) is 0 Å². The Hall–Kier alpha value is -3.44. The minimum Gasteiger partial charge on any atom is -0.307 e. The van der Waals surface area contributed by atoms with Gasteiger partial charge in [-0.25, -0.2) is 13.2 Å². The fourth-order valence-corrected chi connectivity index (χ4v) is 5.22. The molecule has 2 aromatic carbocycles. The monoisotopic (exact) mass is 537 g/mol. The quantitative estimate of drug-likeness (QED) is 0.397. The van der Waals surface area contributed by atoms with E-state index >= 15 is 0 Å². The van der Waals surface area contributed by atoms with Gasteiger partial charge in [-0.15, -0.1) is 0 Å². The molecule has 0 unspecified atom stereocenters. The molecule has 36 heavy (non-hydrogen) atoms. The lowest BCUT2D eigenvalue weighted by atomic mass is 9.98. The summed E-state index contributed by atoms with van der Waals surface area (Å²) >= 11 is 6.01. The van der Waals surface area contributed by atoms with Gasteiger partial charge in [-0.2, -0.15) is 13.2 Å². The molecule has 0 radical (unpaired) electrons. The number of pyridine rings is 1. The van der Waals surface area contributed by atoms with Crippen molar-refractivity contribution in [3.63, 3.8) is 0 Å². The molecule has 0 spiro atoms. The van der Waals surface area contributed by atoms with Crippen LogP contribution in [0.25, 0.3) is 10.9 Å². The van der Waals surface area contributed by atoms with Crippen molar-refractivity contribution in [2.75, 3.05) is 5.75 Å². The molecule has 2 heterocycles. The predicted molar refractivity (Wildman–Crippen MR) is 129 cm³/mol. The standard InChI is InChI=1S/C24H19ClF3N3O4S/c1-2-36(34,35)21-4-3-17(25)10-16(21)13-31-22(32)18-12-19(24(26,27)28)15(11-20(18)30-23(31)33)9-14-5-7-29-8-6-14/h3-8,10-12H,2,9,13H2,1H3,(H,30,33). The molecule has 0 atom stereocenters. The molecule has 1 N–H and O–H groups in total. The first-order chi connectivity index (χ1) is 16.9. The maximum atomic E-state index is 13.9. The van der Waals surface area contributed by atoms with Crippen LogP contribution >= 0.6 is 11.6 Å². The molecule has 0 aliphatic carbocycles. The summed E-state index contributed by atoms with van der Waals surface area (Å²) in [4.78, 5) is 32.2. The highest BCUT2D eigenvalue weighted by Crippen LogP contribution is 2.34. The molecule has 0 bridgehead atoms. The SMILES string of the molecule is CCS(=O)(=O)c1ccc(Cl)cc1Cn1c(=O)[nH]c2cc(Cc3ccncc3)c(C(F)(F)F)cc2c1=O. The molecule has 4 rings (SSSR count). The van der Waals surface area contributed by atoms with E-state index in [4.69, 9.17) is 11.6 Å². The fraction of sp³-hybridized carbons (Fsp3) is 0.208. The number of aromatic amines is 1. The van der Waals surface area contributed by atoms with E-state index in [0.29, 0.717) is 16.2 Å². The van der Waals surface area contributed by atoms with Crippen LogP contribution in [0.5, 0.6) is 0 Å². The summed E-state index contributed by atoms with van der Waals surface area (Å²) in [7, 11) is -3.73. The highest BCUT2D eigenvalue weighted by molar-refractivity contribution is 7.91. The second-order valence-electron chi connectivity index (χ2n) is 8.06. The summed E-state index contributed by atoms with van der Waals surface area (Å²) < 4.78 is 67.5. The topological polar surface area (TPSA) is 102 Å². The zero-order valence-corrected chi connectivity index (χ0v) is 20.3. The van der Waals surface area contributed by atoms with Crippen LogP contribution in [0.2, 0.25) is 5.02 Å². The van der Waals surface area contributed by atoms with E-state index in [0.717, 1.165) is 6.07 Å². The first kappa shape index (κ1) is 25.6. The summed E-state index contributed by atoms with van der Waals surface area (Å²) in [6.45, 7) is 0.935. The van der Waals surface area contributed by atoms with Gasteiger partial charge in [-0.3, -0.25) is 14.3 Å². The summed E-state index contributed by atoms with van der Waals surface area (Å²) in [6, 6.07) is 8.92. The summed E-state index contributed by atoms with van der Waals surface area (Å²) in [5.41, 5.74) is -2.46. The molecule has 188 valence electrons. The number of rotatable bonds is 6. The van der Waals surface area contributed by atoms with Crippen LogP contribution in [0.15, 0.2) is 69.3 Å². The number of H-pyrrole nitrogens is 1. The second kappa shape index (κ2) is 9.55. The average molecular weight is 538 g/mol. The van der Waals surface area contributed by atoms with Gasteiger partial charge in [-0.1, -0.05) is 18.5 Å². The molecule has 0 fully saturated rings. The van der Waals surface area contributed by atoms with Crippen molar-refractivity contribution in [3.05, 3.63) is 103 Å². The Bertz CT molecular complexity index is 1680. The van der Waals surface area contributed by atoms with Gasteiger partial charge in [0.05, 0.1) is 33.7 Å². The number of aromatic nitrogens is 3. The van der Waals surface area contributed by atoms with E-state index in [2.05, 4.69) is 9.97 Å². The van der Waals surface area contributed by atoms with Gasteiger partial charge >= 0.3 is 11.9 Å². The van der Waals surface area contributed by atoms with E-state index in [9.17, 15) is 31.2 Å². The number of hydrogen-bond donors (Lipinski definition) is 1. The molecule has 0 saturated carbocycles. The van der Waals surface area contributed by atoms with Crippen molar-refractivity contribution < 1.29 is 21.6 Å². The number of benzene rings is 2. The molecular formula is C24H19ClF3N3O4S. The summed E-state index contributed by atoms with van der Waals surface area (Å²) in [6.07, 6.45) is -1.96. The van der Waals surface area contributed by atoms with Gasteiger partial charge in [0, 0.05) is 17.4 Å². The maximum Gasteiger partial charge on any atom is 0.416 e. The minimum absolute atomic E-state index is 0.0641. The molecule has 12 heteroatoms. The third-order valence-corrected chi connectivity index (χ3v) is 7.78. The Morgan fingerprint density at radius 1 is 1.03 bits per heavy atom. The van der Waals surface area contributed by atoms with Gasteiger partial charge in [0.15, 0.2) is 9.84 Å². The highest BCUT2D eigenvalue weighted by Gasteiger charge is 2.34. The van der Waals surface area contributed by atoms with Gasteiger partial charge in [0.1, 0.15) is 0 Å². The first-order valence-electron chi connectivity index (χ1n) is 10.7. The summed E-state index contributed by atoms with van der Waals surface area (Å²) in [5, 5.41) is -0.187. The van der Waals surface area contributed by atoms with E-state index in [1.54, 1.807) is 12.1 Å². The van der Waals surface area contributed by atoms with Crippen molar-refractivity contribution in [2.45, 2.75) is 31.0 Å². The number of sulfone groups is 1. The third kappa shape index (κ3) is 5.07. The molecule has 4 aromatic rings. The van der Waals surface area contributed by atoms with Gasteiger partial charge < -0.3 is 4.98 Å². The molecule has 0 aliphatic heterocycles. The van der Waals surface area contributed by atoms with Crippen molar-refractivity contribution >= 4 is 32.3 Å². The zero-order valence-electron chi connectivity index (χ0n) is 18.8. The smallest absolute Gasteiger partial charge is 0.307 e. The maximum absolute atomic E-state index is 13.9. The third-order valence-electron chi connectivity index (χ3n) is 5.72. The van der Waals surface area contributed by atoms with Gasteiger partial charge in [0.25, 0.3) is 5.56 Å². The van der Waals surface area contributed by atoms with Crippen molar-refractivity contribution in [2.24, 2.45) is 0 Å². The Morgan fingerprint density at radius 2 is 1.72 bits per heavy atom. The first-order valence-corrected chi connectivity index (χ1v) is 12.7. The average Bonchev–Trinajstić information content (AvgIpc) is 2.81. The van der Waals surface area contributed by atoms with Crippen LogP contribution in [0.1, 0.15) is 29.2 Å². The normalized spacial score (nSPS) is 12.2. The number of halogens is 4. The van der Waals surface area contributed by atoms with Crippen LogP contribution in [0, 0.1) is 0 Å². The van der Waals surface area contributed by atoms with Crippen LogP contribution in [-0.4, -0.2) is 28.7 Å². The Morgan fingerprint density at radius 3 is 2.36 bits per heavy atom. The Kier molecular flexibility index (Phi) is 6.80. The summed E-state index contributed by atoms with van der Waals surface area (Å²) in [5.74, 6) is -0.236. The zero-order chi connectivity index (χ0) is 26.3. The van der Waals surface area contributed by atoms with Crippen molar-refractivity contribution in [3.8, 4) is 0 Å². The van der Waals surface area contributed by atoms with E-state index < -0.39 is 39.4 Å². The Labute approximate surface area is 208 Å². The van der Waals surface area contributed by atoms with Gasteiger partial charge in [-0.05, 0) is 65.6 Å². The van der Waals surface area contributed by atoms with Crippen LogP contribution in [0.3, 0.4) is 0 Å². The van der Waals surface area contributed by atoms with E-state index in [1.165, 1.54) is 37.5 Å². The van der Waals surface area contributed by atoms with E-state index in [-0.39, 0.29) is 44.1 Å². The van der Waals surface area contributed by atoms with Crippen LogP contribution in [0.4, 0.5) is 13.2 Å². The van der Waals surface area contributed by atoms with Crippen LogP contribution < -0.4 is 11.2 Å². The highest BCUT2D eigenvalue weighted by atomic mass is 35.5. The number of nitrogens with one attached hydrogen (secondary N) is 1. The molecule has 0 saturated heterocycles. The molecule has 2 aromatic heterocycles. The van der Waals surface area contributed by atoms with Crippen molar-refractivity contribution in [1.82, 2.24) is 14.5 Å². The number of hydrogen-bond acceptors (Lipinski definition) is 5. The molecule has 0 amide bonds. The molecule has 0 aliphatic rings. The lowest BCUT2D eigenvalue weighted by molar-refractivity contribution is -0.138. The largest absolute Gasteiger partial charge is 0.416 e. The number of nitrogens with zero attached hydrogens (tertiary/aromatic N) is 2. The number of fused-ring (bicyclic) bond motifs is 1. The molecular weight excluding hydrogens is 519 g/mol. The Balaban J connectivity index is 1.90. The second-order valence-corrected chi connectivity index (χ2v) is 10.7.